The maximum absolute atomic E-state index is 5.48. The second kappa shape index (κ2) is 8.85. The molecule has 0 radical (unpaired) electrons. The van der Waals surface area contributed by atoms with Gasteiger partial charge in [0.05, 0.1) is 44.8 Å². The Balaban J connectivity index is 1.75. The number of hydrogen-bond donors (Lipinski definition) is 1. The normalized spacial score (nSPS) is 11.8. The molecule has 1 aromatic carbocycles. The lowest BCUT2D eigenvalue weighted by atomic mass is 9.95. The van der Waals surface area contributed by atoms with E-state index in [1.807, 2.05) is 27.6 Å². The molecule has 0 aliphatic heterocycles. The van der Waals surface area contributed by atoms with E-state index in [-0.39, 0.29) is 11.5 Å². The van der Waals surface area contributed by atoms with Gasteiger partial charge in [-0.3, -0.25) is 0 Å². The molecule has 10 heteroatoms. The number of nitrogens with zero attached hydrogens (tertiary/aromatic N) is 6. The SMILES string of the molecule is COc1cc(-n2cnc(Nc3nc(C(C)(C)C)nc4c3cnn4C(C)C)c2)cc(OC)c1OC. The molecule has 0 aliphatic rings. The minimum absolute atomic E-state index is 0.173. The fourth-order valence-corrected chi connectivity index (χ4v) is 3.60. The van der Waals surface area contributed by atoms with Gasteiger partial charge in [0.15, 0.2) is 17.1 Å². The average molecular weight is 466 g/mol. The Kier molecular flexibility index (Phi) is 6.07. The number of fused-ring (bicyclic) bond motifs is 1. The van der Waals surface area contributed by atoms with E-state index in [2.05, 4.69) is 50.0 Å². The van der Waals surface area contributed by atoms with Crippen LogP contribution < -0.4 is 19.5 Å². The van der Waals surface area contributed by atoms with E-state index in [0.717, 1.165) is 22.5 Å². The van der Waals surface area contributed by atoms with Crippen molar-refractivity contribution >= 4 is 22.7 Å². The first-order valence-electron chi connectivity index (χ1n) is 11.0. The molecule has 3 aromatic heterocycles. The van der Waals surface area contributed by atoms with E-state index in [0.29, 0.717) is 28.9 Å². The maximum atomic E-state index is 5.48. The Morgan fingerprint density at radius 2 is 1.65 bits per heavy atom. The fourth-order valence-electron chi connectivity index (χ4n) is 3.60. The third kappa shape index (κ3) is 4.23. The fraction of sp³-hybridized carbons (Fsp3) is 0.417. The predicted octanol–water partition coefficient (Wildman–Crippen LogP) is 4.66. The summed E-state index contributed by atoms with van der Waals surface area (Å²) in [6.07, 6.45) is 5.38. The van der Waals surface area contributed by atoms with Gasteiger partial charge in [0.2, 0.25) is 5.75 Å². The highest BCUT2D eigenvalue weighted by Gasteiger charge is 2.23. The van der Waals surface area contributed by atoms with Crippen LogP contribution in [0.25, 0.3) is 16.7 Å². The van der Waals surface area contributed by atoms with Crippen molar-refractivity contribution in [2.75, 3.05) is 26.6 Å². The summed E-state index contributed by atoms with van der Waals surface area (Å²) in [4.78, 5) is 14.2. The summed E-state index contributed by atoms with van der Waals surface area (Å²) in [6, 6.07) is 3.90. The van der Waals surface area contributed by atoms with Crippen molar-refractivity contribution in [2.45, 2.75) is 46.1 Å². The molecule has 34 heavy (non-hydrogen) atoms. The number of anilines is 2. The quantitative estimate of drug-likeness (QED) is 0.421. The number of nitrogens with one attached hydrogen (secondary N) is 1. The lowest BCUT2D eigenvalue weighted by Gasteiger charge is -2.18. The first kappa shape index (κ1) is 23.3. The Hall–Kier alpha value is -3.82. The molecule has 4 aromatic rings. The van der Waals surface area contributed by atoms with Crippen LogP contribution in [0, 0.1) is 0 Å². The maximum Gasteiger partial charge on any atom is 0.203 e. The monoisotopic (exact) mass is 465 g/mol. The van der Waals surface area contributed by atoms with E-state index in [4.69, 9.17) is 24.2 Å². The summed E-state index contributed by atoms with van der Waals surface area (Å²) < 4.78 is 20.2. The molecule has 0 saturated carbocycles. The van der Waals surface area contributed by atoms with Crippen LogP contribution in [0.5, 0.6) is 17.2 Å². The first-order chi connectivity index (χ1) is 16.2. The molecule has 0 bridgehead atoms. The van der Waals surface area contributed by atoms with Crippen LogP contribution in [0.3, 0.4) is 0 Å². The van der Waals surface area contributed by atoms with Gasteiger partial charge in [-0.2, -0.15) is 5.10 Å². The average Bonchev–Trinajstić information content (AvgIpc) is 3.44. The molecule has 10 nitrogen and oxygen atoms in total. The summed E-state index contributed by atoms with van der Waals surface area (Å²) >= 11 is 0. The highest BCUT2D eigenvalue weighted by molar-refractivity contribution is 5.88. The highest BCUT2D eigenvalue weighted by atomic mass is 16.5. The molecule has 0 spiro atoms. The Labute approximate surface area is 198 Å². The number of methoxy groups -OCH3 is 3. The number of ether oxygens (including phenoxy) is 3. The van der Waals surface area contributed by atoms with Crippen LogP contribution in [0.2, 0.25) is 0 Å². The van der Waals surface area contributed by atoms with Crippen molar-refractivity contribution in [3.05, 3.63) is 36.7 Å². The Bertz CT molecular complexity index is 1290. The van der Waals surface area contributed by atoms with E-state index in [1.165, 1.54) is 0 Å². The summed E-state index contributed by atoms with van der Waals surface area (Å²) in [7, 11) is 4.76. The van der Waals surface area contributed by atoms with Crippen LogP contribution in [0.15, 0.2) is 30.9 Å². The van der Waals surface area contributed by atoms with Gasteiger partial charge in [-0.15, -0.1) is 0 Å². The van der Waals surface area contributed by atoms with Gasteiger partial charge in [0, 0.05) is 23.6 Å². The van der Waals surface area contributed by atoms with E-state index >= 15 is 0 Å². The largest absolute Gasteiger partial charge is 0.493 e. The minimum Gasteiger partial charge on any atom is -0.493 e. The molecule has 1 N–H and O–H groups in total. The van der Waals surface area contributed by atoms with Crippen LogP contribution in [0.4, 0.5) is 11.6 Å². The number of aromatic nitrogens is 6. The van der Waals surface area contributed by atoms with Crippen molar-refractivity contribution in [1.82, 2.24) is 29.3 Å². The Morgan fingerprint density at radius 1 is 0.971 bits per heavy atom. The van der Waals surface area contributed by atoms with E-state index < -0.39 is 0 Å². The number of rotatable bonds is 7. The molecular weight excluding hydrogens is 434 g/mol. The topological polar surface area (TPSA) is 101 Å². The molecule has 0 saturated heterocycles. The van der Waals surface area contributed by atoms with Crippen molar-refractivity contribution in [3.8, 4) is 22.9 Å². The molecule has 180 valence electrons. The third-order valence-corrected chi connectivity index (χ3v) is 5.39. The molecule has 0 unspecified atom stereocenters. The van der Waals surface area contributed by atoms with Crippen LogP contribution >= 0.6 is 0 Å². The standard InChI is InChI=1S/C24H31N7O3/c1-14(2)31-22-16(11-26-31)21(28-23(29-22)24(3,4)5)27-19-12-30(13-25-19)15-9-17(32-6)20(34-8)18(10-15)33-7/h9-14H,1-8H3,(H,27,28,29). The van der Waals surface area contributed by atoms with E-state index in [9.17, 15) is 0 Å². The Morgan fingerprint density at radius 3 is 2.21 bits per heavy atom. The third-order valence-electron chi connectivity index (χ3n) is 5.39. The second-order valence-electron chi connectivity index (χ2n) is 9.24. The van der Waals surface area contributed by atoms with Crippen LogP contribution in [-0.4, -0.2) is 50.6 Å². The summed E-state index contributed by atoms with van der Waals surface area (Å²) in [5.41, 5.74) is 1.37. The lowest BCUT2D eigenvalue weighted by molar-refractivity contribution is 0.324. The van der Waals surface area contributed by atoms with Gasteiger partial charge in [-0.25, -0.2) is 19.6 Å². The van der Waals surface area contributed by atoms with Crippen molar-refractivity contribution in [1.29, 1.82) is 0 Å². The van der Waals surface area contributed by atoms with Crippen molar-refractivity contribution in [3.63, 3.8) is 0 Å². The second-order valence-corrected chi connectivity index (χ2v) is 9.24. The van der Waals surface area contributed by atoms with E-state index in [1.54, 1.807) is 33.9 Å². The lowest BCUT2D eigenvalue weighted by Crippen LogP contribution is -2.18. The predicted molar refractivity (Wildman–Crippen MR) is 131 cm³/mol. The molecule has 0 fully saturated rings. The van der Waals surface area contributed by atoms with Gasteiger partial charge in [-0.1, -0.05) is 20.8 Å². The minimum atomic E-state index is -0.230. The van der Waals surface area contributed by atoms with Gasteiger partial charge < -0.3 is 24.1 Å². The van der Waals surface area contributed by atoms with Gasteiger partial charge in [0.1, 0.15) is 23.8 Å². The summed E-state index contributed by atoms with van der Waals surface area (Å²) in [6.45, 7) is 10.4. The van der Waals surface area contributed by atoms with Crippen molar-refractivity contribution < 1.29 is 14.2 Å². The zero-order chi connectivity index (χ0) is 24.6. The molecule has 3 heterocycles. The molecule has 0 amide bonds. The van der Waals surface area contributed by atoms with Crippen LogP contribution in [-0.2, 0) is 5.41 Å². The molecular formula is C24H31N7O3. The molecule has 0 atom stereocenters. The summed E-state index contributed by atoms with van der Waals surface area (Å²) in [5, 5.41) is 8.73. The first-order valence-corrected chi connectivity index (χ1v) is 11.0. The molecule has 0 aliphatic carbocycles. The highest BCUT2D eigenvalue weighted by Crippen LogP contribution is 2.39. The zero-order valence-corrected chi connectivity index (χ0v) is 20.9. The number of hydrogen-bond acceptors (Lipinski definition) is 8. The number of benzene rings is 1. The number of imidazole rings is 1. The van der Waals surface area contributed by atoms with Gasteiger partial charge in [-0.05, 0) is 13.8 Å². The molecule has 4 rings (SSSR count). The summed E-state index contributed by atoms with van der Waals surface area (Å²) in [5.74, 6) is 3.69. The van der Waals surface area contributed by atoms with Gasteiger partial charge in [0.25, 0.3) is 0 Å². The zero-order valence-electron chi connectivity index (χ0n) is 20.9. The van der Waals surface area contributed by atoms with Crippen LogP contribution in [0.1, 0.15) is 46.5 Å². The smallest absolute Gasteiger partial charge is 0.203 e. The van der Waals surface area contributed by atoms with Crippen molar-refractivity contribution in [2.24, 2.45) is 0 Å². The van der Waals surface area contributed by atoms with Gasteiger partial charge >= 0.3 is 0 Å².